The molecule has 0 atom stereocenters. The van der Waals surface area contributed by atoms with Crippen LogP contribution in [0.5, 0.6) is 0 Å². The fourth-order valence-corrected chi connectivity index (χ4v) is 2.70. The molecule has 1 aromatic carbocycles. The molecule has 1 aliphatic carbocycles. The standard InChI is InChI=1S/C18H17F3N4O2/c19-18(20,21)16-10-24(11-27-16)15-5-1-12(2-6-15)8-25-9-13(7-22-25)17(26)23-14-3-4-14/h1-2,5-7,9-10,14H,3-4,8,11H2,(H,23,26). The molecule has 2 aromatic rings. The Morgan fingerprint density at radius 2 is 2.00 bits per heavy atom. The van der Waals surface area contributed by atoms with E-state index in [1.54, 1.807) is 35.1 Å². The Morgan fingerprint density at radius 3 is 2.63 bits per heavy atom. The average Bonchev–Trinajstić information content (AvgIpc) is 3.12. The number of amides is 1. The van der Waals surface area contributed by atoms with Crippen LogP contribution in [0.15, 0.2) is 48.6 Å². The summed E-state index contributed by atoms with van der Waals surface area (Å²) >= 11 is 0. The van der Waals surface area contributed by atoms with Gasteiger partial charge in [0.2, 0.25) is 5.76 Å². The lowest BCUT2D eigenvalue weighted by atomic mass is 10.2. The zero-order valence-electron chi connectivity index (χ0n) is 14.2. The molecule has 0 bridgehead atoms. The molecular weight excluding hydrogens is 361 g/mol. The summed E-state index contributed by atoms with van der Waals surface area (Å²) in [5, 5.41) is 7.09. The van der Waals surface area contributed by atoms with Gasteiger partial charge in [-0.25, -0.2) is 0 Å². The van der Waals surface area contributed by atoms with Crippen molar-refractivity contribution >= 4 is 11.6 Å². The number of rotatable bonds is 5. The summed E-state index contributed by atoms with van der Waals surface area (Å²) in [7, 11) is 0. The lowest BCUT2D eigenvalue weighted by Crippen LogP contribution is -2.24. The summed E-state index contributed by atoms with van der Waals surface area (Å²) in [6.07, 6.45) is 1.71. The molecular formula is C18H17F3N4O2. The van der Waals surface area contributed by atoms with E-state index in [1.165, 1.54) is 11.1 Å². The number of nitrogens with zero attached hydrogens (tertiary/aromatic N) is 3. The molecule has 0 saturated heterocycles. The minimum absolute atomic E-state index is 0.125. The zero-order valence-corrected chi connectivity index (χ0v) is 14.2. The first-order chi connectivity index (χ1) is 12.9. The summed E-state index contributed by atoms with van der Waals surface area (Å²) in [6, 6.07) is 7.34. The van der Waals surface area contributed by atoms with Crippen molar-refractivity contribution in [2.45, 2.75) is 31.6 Å². The van der Waals surface area contributed by atoms with Crippen LogP contribution in [0.3, 0.4) is 0 Å². The van der Waals surface area contributed by atoms with Crippen molar-refractivity contribution in [2.24, 2.45) is 0 Å². The molecule has 0 spiro atoms. The van der Waals surface area contributed by atoms with Crippen molar-refractivity contribution in [2.75, 3.05) is 11.6 Å². The fraction of sp³-hybridized carbons (Fsp3) is 0.333. The Morgan fingerprint density at radius 1 is 1.26 bits per heavy atom. The smallest absolute Gasteiger partial charge is 0.450 e. The maximum atomic E-state index is 12.6. The molecule has 1 aliphatic heterocycles. The van der Waals surface area contributed by atoms with Gasteiger partial charge in [-0.3, -0.25) is 9.48 Å². The van der Waals surface area contributed by atoms with Crippen LogP contribution in [0, 0.1) is 0 Å². The van der Waals surface area contributed by atoms with Gasteiger partial charge < -0.3 is 15.0 Å². The highest BCUT2D eigenvalue weighted by Gasteiger charge is 2.39. The van der Waals surface area contributed by atoms with Gasteiger partial charge in [0.15, 0.2) is 6.73 Å². The molecule has 0 radical (unpaired) electrons. The Labute approximate surface area is 153 Å². The van der Waals surface area contributed by atoms with Crippen molar-refractivity contribution in [3.05, 3.63) is 59.7 Å². The van der Waals surface area contributed by atoms with E-state index in [0.29, 0.717) is 17.8 Å². The van der Waals surface area contributed by atoms with Gasteiger partial charge in [0.1, 0.15) is 0 Å². The van der Waals surface area contributed by atoms with E-state index >= 15 is 0 Å². The molecule has 9 heteroatoms. The van der Waals surface area contributed by atoms with Crippen molar-refractivity contribution in [1.82, 2.24) is 15.1 Å². The van der Waals surface area contributed by atoms with Crippen LogP contribution in [-0.4, -0.2) is 34.6 Å². The summed E-state index contributed by atoms with van der Waals surface area (Å²) in [5.41, 5.74) is 2.02. The zero-order chi connectivity index (χ0) is 19.0. The third kappa shape index (κ3) is 4.07. The second kappa shape index (κ2) is 6.64. The van der Waals surface area contributed by atoms with Gasteiger partial charge in [-0.2, -0.15) is 18.3 Å². The number of anilines is 1. The largest absolute Gasteiger partial charge is 0.466 e. The van der Waals surface area contributed by atoms with Crippen molar-refractivity contribution < 1.29 is 22.7 Å². The number of carbonyl (C=O) groups is 1. The molecule has 4 rings (SSSR count). The number of hydrogen-bond acceptors (Lipinski definition) is 4. The molecule has 2 aliphatic rings. The molecule has 2 heterocycles. The summed E-state index contributed by atoms with van der Waals surface area (Å²) < 4.78 is 44.2. The van der Waals surface area contributed by atoms with Gasteiger partial charge in [-0.05, 0) is 30.5 Å². The number of allylic oxidation sites excluding steroid dienone is 1. The van der Waals surface area contributed by atoms with Crippen molar-refractivity contribution in [3.63, 3.8) is 0 Å². The van der Waals surface area contributed by atoms with Gasteiger partial charge in [0.05, 0.1) is 24.5 Å². The van der Waals surface area contributed by atoms with E-state index < -0.39 is 11.9 Å². The Kier molecular flexibility index (Phi) is 4.29. The number of benzene rings is 1. The van der Waals surface area contributed by atoms with Gasteiger partial charge in [0, 0.05) is 17.9 Å². The fourth-order valence-electron chi connectivity index (χ4n) is 2.70. The predicted molar refractivity (Wildman–Crippen MR) is 90.8 cm³/mol. The van der Waals surface area contributed by atoms with Gasteiger partial charge >= 0.3 is 6.18 Å². The number of hydrogen-bond donors (Lipinski definition) is 1. The molecule has 27 heavy (non-hydrogen) atoms. The number of ether oxygens (including phenoxy) is 1. The predicted octanol–water partition coefficient (Wildman–Crippen LogP) is 3.02. The first kappa shape index (κ1) is 17.4. The Bertz CT molecular complexity index is 869. The van der Waals surface area contributed by atoms with Crippen molar-refractivity contribution in [3.8, 4) is 0 Å². The van der Waals surface area contributed by atoms with Crippen LogP contribution in [0.1, 0.15) is 28.8 Å². The lowest BCUT2D eigenvalue weighted by molar-refractivity contribution is -0.126. The van der Waals surface area contributed by atoms with Gasteiger partial charge in [-0.15, -0.1) is 0 Å². The number of halogens is 3. The number of nitrogens with one attached hydrogen (secondary N) is 1. The van der Waals surface area contributed by atoms with E-state index in [1.807, 2.05) is 0 Å². The van der Waals surface area contributed by atoms with E-state index in [4.69, 9.17) is 0 Å². The van der Waals surface area contributed by atoms with Crippen LogP contribution in [0.2, 0.25) is 0 Å². The van der Waals surface area contributed by atoms with E-state index in [-0.39, 0.29) is 18.7 Å². The van der Waals surface area contributed by atoms with Gasteiger partial charge in [-0.1, -0.05) is 12.1 Å². The summed E-state index contributed by atoms with van der Waals surface area (Å²) in [6.45, 7) is 0.282. The normalized spacial score (nSPS) is 16.9. The topological polar surface area (TPSA) is 59.4 Å². The highest BCUT2D eigenvalue weighted by molar-refractivity contribution is 5.94. The van der Waals surface area contributed by atoms with Crippen LogP contribution < -0.4 is 10.2 Å². The third-order valence-corrected chi connectivity index (χ3v) is 4.33. The molecule has 1 amide bonds. The summed E-state index contributed by atoms with van der Waals surface area (Å²) in [4.78, 5) is 13.4. The van der Waals surface area contributed by atoms with E-state index in [9.17, 15) is 18.0 Å². The van der Waals surface area contributed by atoms with Crippen LogP contribution in [0.4, 0.5) is 18.9 Å². The Balaban J connectivity index is 1.39. The third-order valence-electron chi connectivity index (χ3n) is 4.33. The van der Waals surface area contributed by atoms with Crippen LogP contribution in [-0.2, 0) is 11.3 Å². The summed E-state index contributed by atoms with van der Waals surface area (Å²) in [5.74, 6) is -1.12. The molecule has 0 unspecified atom stereocenters. The quantitative estimate of drug-likeness (QED) is 0.869. The monoisotopic (exact) mass is 378 g/mol. The molecule has 142 valence electrons. The highest BCUT2D eigenvalue weighted by Crippen LogP contribution is 2.32. The molecule has 6 nitrogen and oxygen atoms in total. The Hall–Kier alpha value is -2.97. The lowest BCUT2D eigenvalue weighted by Gasteiger charge is -2.13. The number of carbonyl (C=O) groups excluding carboxylic acids is 1. The molecule has 1 aromatic heterocycles. The highest BCUT2D eigenvalue weighted by atomic mass is 19.4. The SMILES string of the molecule is O=C(NC1CC1)c1cnn(Cc2ccc(N3C=C(C(F)(F)F)OC3)cc2)c1. The minimum atomic E-state index is -4.49. The maximum Gasteiger partial charge on any atom is 0.450 e. The second-order valence-corrected chi connectivity index (χ2v) is 6.58. The first-order valence-corrected chi connectivity index (χ1v) is 8.49. The second-order valence-electron chi connectivity index (χ2n) is 6.58. The number of aromatic nitrogens is 2. The van der Waals surface area contributed by atoms with E-state index in [2.05, 4.69) is 15.2 Å². The number of alkyl halides is 3. The first-order valence-electron chi connectivity index (χ1n) is 8.49. The van der Waals surface area contributed by atoms with Crippen LogP contribution >= 0.6 is 0 Å². The molecule has 1 fully saturated rings. The van der Waals surface area contributed by atoms with Gasteiger partial charge in [0.25, 0.3) is 5.91 Å². The molecule has 1 saturated carbocycles. The average molecular weight is 378 g/mol. The van der Waals surface area contributed by atoms with E-state index in [0.717, 1.165) is 24.6 Å². The minimum Gasteiger partial charge on any atom is -0.466 e. The molecule has 1 N–H and O–H groups in total. The van der Waals surface area contributed by atoms with Crippen molar-refractivity contribution in [1.29, 1.82) is 0 Å². The van der Waals surface area contributed by atoms with Crippen LogP contribution in [0.25, 0.3) is 0 Å². The maximum absolute atomic E-state index is 12.6.